The lowest BCUT2D eigenvalue weighted by Gasteiger charge is -2.31. The van der Waals surface area contributed by atoms with E-state index < -0.39 is 0 Å². The second-order valence-electron chi connectivity index (χ2n) is 6.63. The number of fused-ring (bicyclic) bond motifs is 1. The number of aryl methyl sites for hydroxylation is 1. The Morgan fingerprint density at radius 1 is 1.42 bits per heavy atom. The van der Waals surface area contributed by atoms with Gasteiger partial charge in [-0.05, 0) is 25.7 Å². The van der Waals surface area contributed by atoms with Crippen LogP contribution in [0.2, 0.25) is 0 Å². The van der Waals surface area contributed by atoms with Crippen molar-refractivity contribution in [2.24, 2.45) is 5.92 Å². The van der Waals surface area contributed by atoms with Crippen LogP contribution in [-0.4, -0.2) is 45.3 Å². The van der Waals surface area contributed by atoms with E-state index in [9.17, 15) is 4.79 Å². The molecule has 1 aliphatic carbocycles. The lowest BCUT2D eigenvalue weighted by Crippen LogP contribution is -2.39. The Hall–Kier alpha value is -1.73. The molecule has 128 valence electrons. The van der Waals surface area contributed by atoms with Crippen LogP contribution in [0.4, 0.5) is 0 Å². The number of nitrogens with zero attached hydrogens (tertiary/aromatic N) is 4. The molecule has 1 amide bonds. The third-order valence-electron chi connectivity index (χ3n) is 4.69. The molecule has 0 spiro atoms. The number of aromatic nitrogens is 3. The normalized spacial score (nSPS) is 20.2. The molecule has 2 aliphatic rings. The summed E-state index contributed by atoms with van der Waals surface area (Å²) in [5.74, 6) is 0.884. The Morgan fingerprint density at radius 2 is 2.29 bits per heavy atom. The fraction of sp³-hybridized carbons (Fsp3) is 0.588. The summed E-state index contributed by atoms with van der Waals surface area (Å²) < 4.78 is 7.87. The second kappa shape index (κ2) is 6.64. The smallest absolute Gasteiger partial charge is 0.273 e. The Kier molecular flexibility index (Phi) is 4.37. The summed E-state index contributed by atoms with van der Waals surface area (Å²) in [6.45, 7) is 5.63. The maximum absolute atomic E-state index is 12.7. The Morgan fingerprint density at radius 3 is 3.00 bits per heavy atom. The van der Waals surface area contributed by atoms with Crippen LogP contribution >= 0.6 is 11.3 Å². The van der Waals surface area contributed by atoms with Gasteiger partial charge in [0.1, 0.15) is 5.69 Å². The van der Waals surface area contributed by atoms with Gasteiger partial charge in [-0.15, -0.1) is 11.3 Å². The van der Waals surface area contributed by atoms with Gasteiger partial charge in [-0.2, -0.15) is 5.10 Å². The first-order chi connectivity index (χ1) is 11.7. The number of hydrogen-bond acceptors (Lipinski definition) is 5. The molecule has 24 heavy (non-hydrogen) atoms. The molecule has 4 rings (SSSR count). The van der Waals surface area contributed by atoms with Crippen molar-refractivity contribution in [3.05, 3.63) is 34.0 Å². The predicted octanol–water partition coefficient (Wildman–Crippen LogP) is 2.53. The van der Waals surface area contributed by atoms with Crippen molar-refractivity contribution in [2.75, 3.05) is 19.8 Å². The molecule has 0 N–H and O–H groups in total. The molecule has 0 radical (unpaired) electrons. The van der Waals surface area contributed by atoms with Gasteiger partial charge in [0.25, 0.3) is 5.91 Å². The van der Waals surface area contributed by atoms with Gasteiger partial charge in [0, 0.05) is 49.3 Å². The van der Waals surface area contributed by atoms with E-state index in [-0.39, 0.29) is 11.8 Å². The molecule has 1 aliphatic heterocycles. The van der Waals surface area contributed by atoms with Crippen LogP contribution < -0.4 is 0 Å². The van der Waals surface area contributed by atoms with E-state index in [1.54, 1.807) is 5.51 Å². The maximum atomic E-state index is 12.7. The average molecular weight is 346 g/mol. The molecule has 7 heteroatoms. The molecule has 0 saturated heterocycles. The summed E-state index contributed by atoms with van der Waals surface area (Å²) >= 11 is 1.45. The van der Waals surface area contributed by atoms with Crippen molar-refractivity contribution in [3.8, 4) is 0 Å². The Balaban J connectivity index is 1.52. The molecule has 3 heterocycles. The summed E-state index contributed by atoms with van der Waals surface area (Å²) in [6, 6.07) is 0. The summed E-state index contributed by atoms with van der Waals surface area (Å²) in [6.07, 6.45) is 4.63. The minimum Gasteiger partial charge on any atom is -0.380 e. The molecule has 0 aromatic carbocycles. The zero-order chi connectivity index (χ0) is 16.5. The number of carbonyl (C=O) groups excluding carboxylic acids is 1. The molecule has 0 unspecified atom stereocenters. The largest absolute Gasteiger partial charge is 0.380 e. The van der Waals surface area contributed by atoms with E-state index in [0.29, 0.717) is 25.4 Å². The van der Waals surface area contributed by atoms with Crippen LogP contribution in [0, 0.1) is 5.92 Å². The standard InChI is InChI=1S/C17H22N4O2S/c1-2-21-7-13-5-20(17(22)15-10-24-11-18-15)6-14(16(13)19-21)9-23-8-12-3-4-12/h7,10-12,14H,2-6,8-9H2,1H3/t14-/m0/s1. The minimum atomic E-state index is -0.00154. The van der Waals surface area contributed by atoms with Gasteiger partial charge in [0.15, 0.2) is 0 Å². The molecule has 1 fully saturated rings. The molecular formula is C17H22N4O2S. The van der Waals surface area contributed by atoms with E-state index in [2.05, 4.69) is 18.1 Å². The van der Waals surface area contributed by atoms with Crippen LogP contribution in [0.15, 0.2) is 17.1 Å². The first-order valence-corrected chi connectivity index (χ1v) is 9.50. The van der Waals surface area contributed by atoms with E-state index >= 15 is 0 Å². The molecule has 0 bridgehead atoms. The fourth-order valence-corrected chi connectivity index (χ4v) is 3.68. The van der Waals surface area contributed by atoms with Gasteiger partial charge >= 0.3 is 0 Å². The highest BCUT2D eigenvalue weighted by atomic mass is 32.1. The third-order valence-corrected chi connectivity index (χ3v) is 5.28. The van der Waals surface area contributed by atoms with E-state index in [1.165, 1.54) is 24.2 Å². The van der Waals surface area contributed by atoms with Gasteiger partial charge in [0.2, 0.25) is 0 Å². The van der Waals surface area contributed by atoms with Gasteiger partial charge in [-0.1, -0.05) is 0 Å². The number of carbonyl (C=O) groups is 1. The first kappa shape index (κ1) is 15.8. The monoisotopic (exact) mass is 346 g/mol. The summed E-state index contributed by atoms with van der Waals surface area (Å²) in [7, 11) is 0. The SMILES string of the molecule is CCn1cc2c(n1)[C@H](COCC1CC1)CN(C(=O)c1cscn1)C2. The lowest BCUT2D eigenvalue weighted by molar-refractivity contribution is 0.0621. The number of rotatable bonds is 6. The lowest BCUT2D eigenvalue weighted by atomic mass is 9.97. The van der Waals surface area contributed by atoms with Crippen molar-refractivity contribution in [3.63, 3.8) is 0 Å². The van der Waals surface area contributed by atoms with Crippen LogP contribution in [0.1, 0.15) is 47.4 Å². The van der Waals surface area contributed by atoms with Crippen LogP contribution in [0.3, 0.4) is 0 Å². The van der Waals surface area contributed by atoms with E-state index in [4.69, 9.17) is 9.84 Å². The Labute approximate surface area is 145 Å². The average Bonchev–Trinajstić information content (AvgIpc) is 3.11. The molecule has 1 saturated carbocycles. The number of ether oxygens (including phenoxy) is 1. The minimum absolute atomic E-state index is 0.00154. The Bertz CT molecular complexity index is 708. The highest BCUT2D eigenvalue weighted by molar-refractivity contribution is 7.07. The zero-order valence-corrected chi connectivity index (χ0v) is 14.7. The molecule has 6 nitrogen and oxygen atoms in total. The highest BCUT2D eigenvalue weighted by Gasteiger charge is 2.32. The highest BCUT2D eigenvalue weighted by Crippen LogP contribution is 2.31. The van der Waals surface area contributed by atoms with Crippen molar-refractivity contribution >= 4 is 17.2 Å². The van der Waals surface area contributed by atoms with Crippen LogP contribution in [0.5, 0.6) is 0 Å². The van der Waals surface area contributed by atoms with E-state index in [0.717, 1.165) is 30.3 Å². The topological polar surface area (TPSA) is 60.2 Å². The second-order valence-corrected chi connectivity index (χ2v) is 7.35. The van der Waals surface area contributed by atoms with Gasteiger partial charge < -0.3 is 9.64 Å². The molecule has 1 atom stereocenters. The predicted molar refractivity (Wildman–Crippen MR) is 91.0 cm³/mol. The van der Waals surface area contributed by atoms with Crippen molar-refractivity contribution in [1.29, 1.82) is 0 Å². The number of amides is 1. The fourth-order valence-electron chi connectivity index (χ4n) is 3.16. The van der Waals surface area contributed by atoms with E-state index in [1.807, 2.05) is 15.0 Å². The molecule has 2 aromatic heterocycles. The van der Waals surface area contributed by atoms with Gasteiger partial charge in [-0.25, -0.2) is 4.98 Å². The number of hydrogen-bond donors (Lipinski definition) is 0. The molecule has 2 aromatic rings. The van der Waals surface area contributed by atoms with Crippen molar-refractivity contribution in [1.82, 2.24) is 19.7 Å². The van der Waals surface area contributed by atoms with Gasteiger partial charge in [-0.3, -0.25) is 9.48 Å². The third kappa shape index (κ3) is 3.23. The summed E-state index contributed by atoms with van der Waals surface area (Å²) in [4.78, 5) is 18.7. The van der Waals surface area contributed by atoms with Crippen LogP contribution in [0.25, 0.3) is 0 Å². The molecular weight excluding hydrogens is 324 g/mol. The first-order valence-electron chi connectivity index (χ1n) is 8.56. The summed E-state index contributed by atoms with van der Waals surface area (Å²) in [5.41, 5.74) is 4.46. The van der Waals surface area contributed by atoms with Crippen molar-refractivity contribution < 1.29 is 9.53 Å². The maximum Gasteiger partial charge on any atom is 0.273 e. The van der Waals surface area contributed by atoms with Gasteiger partial charge in [0.05, 0.1) is 17.8 Å². The quantitative estimate of drug-likeness (QED) is 0.806. The number of thiazole rings is 1. The van der Waals surface area contributed by atoms with Crippen molar-refractivity contribution in [2.45, 2.75) is 38.8 Å². The zero-order valence-electron chi connectivity index (χ0n) is 13.9. The van der Waals surface area contributed by atoms with Crippen LogP contribution in [-0.2, 0) is 17.8 Å². The summed E-state index contributed by atoms with van der Waals surface area (Å²) in [5, 5.41) is 6.52.